The van der Waals surface area contributed by atoms with E-state index >= 15 is 0 Å². The Bertz CT molecular complexity index is 607. The Morgan fingerprint density at radius 1 is 0.647 bits per heavy atom. The zero-order valence-electron chi connectivity index (χ0n) is 23.3. The van der Waals surface area contributed by atoms with Crippen LogP contribution in [-0.4, -0.2) is 59.4 Å². The van der Waals surface area contributed by atoms with Gasteiger partial charge in [-0.25, -0.2) is 0 Å². The third kappa shape index (κ3) is 7.68. The maximum Gasteiger partial charge on any atom is 0.307 e. The van der Waals surface area contributed by atoms with Gasteiger partial charge in [0.2, 0.25) is 0 Å². The lowest BCUT2D eigenvalue weighted by atomic mass is 9.80. The highest BCUT2D eigenvalue weighted by Crippen LogP contribution is 2.36. The van der Waals surface area contributed by atoms with Crippen LogP contribution in [0.15, 0.2) is 0 Å². The van der Waals surface area contributed by atoms with Crippen molar-refractivity contribution in [3.05, 3.63) is 0 Å². The second-order valence-corrected chi connectivity index (χ2v) is 12.0. The first-order valence-electron chi connectivity index (χ1n) is 13.7. The summed E-state index contributed by atoms with van der Waals surface area (Å²) < 4.78 is 11.6. The molecule has 2 aliphatic heterocycles. The lowest BCUT2D eigenvalue weighted by Crippen LogP contribution is -2.56. The zero-order chi connectivity index (χ0) is 25.5. The normalized spacial score (nSPS) is 29.5. The number of carbonyl (C=O) groups excluding carboxylic acids is 2. The van der Waals surface area contributed by atoms with E-state index < -0.39 is 0 Å². The number of hydrogen-bond donors (Lipinski definition) is 0. The zero-order valence-corrected chi connectivity index (χ0v) is 23.3. The van der Waals surface area contributed by atoms with Crippen molar-refractivity contribution in [2.45, 2.75) is 142 Å². The van der Waals surface area contributed by atoms with E-state index in [0.717, 1.165) is 64.2 Å². The molecule has 4 unspecified atom stereocenters. The molecule has 6 heteroatoms. The molecule has 34 heavy (non-hydrogen) atoms. The molecule has 0 N–H and O–H groups in total. The van der Waals surface area contributed by atoms with Crippen molar-refractivity contribution in [1.29, 1.82) is 0 Å². The first-order valence-corrected chi connectivity index (χ1v) is 13.7. The Morgan fingerprint density at radius 2 is 0.971 bits per heavy atom. The van der Waals surface area contributed by atoms with E-state index in [0.29, 0.717) is 24.7 Å². The van der Waals surface area contributed by atoms with Gasteiger partial charge in [-0.3, -0.25) is 19.4 Å². The van der Waals surface area contributed by atoms with Gasteiger partial charge in [0.15, 0.2) is 12.5 Å². The Labute approximate surface area is 209 Å². The van der Waals surface area contributed by atoms with Crippen LogP contribution in [0.2, 0.25) is 0 Å². The molecular weight excluding hydrogens is 428 g/mol. The number of hydrogen-bond acceptors (Lipinski definition) is 6. The Kier molecular flexibility index (Phi) is 10.9. The predicted octanol–water partition coefficient (Wildman–Crippen LogP) is 6.13. The van der Waals surface area contributed by atoms with E-state index in [9.17, 15) is 9.59 Å². The molecule has 198 valence electrons. The van der Waals surface area contributed by atoms with E-state index in [1.54, 1.807) is 0 Å². The van der Waals surface area contributed by atoms with Crippen molar-refractivity contribution in [2.75, 3.05) is 14.1 Å². The second kappa shape index (κ2) is 12.7. The van der Waals surface area contributed by atoms with Gasteiger partial charge in [-0.05, 0) is 92.2 Å². The van der Waals surface area contributed by atoms with Crippen LogP contribution in [0.4, 0.5) is 0 Å². The average molecular weight is 481 g/mol. The van der Waals surface area contributed by atoms with Crippen molar-refractivity contribution in [1.82, 2.24) is 9.80 Å². The highest BCUT2D eigenvalue weighted by Gasteiger charge is 2.41. The van der Waals surface area contributed by atoms with Crippen LogP contribution in [0.3, 0.4) is 0 Å². The van der Waals surface area contributed by atoms with Crippen LogP contribution >= 0.6 is 0 Å². The molecule has 0 amide bonds. The highest BCUT2D eigenvalue weighted by atomic mass is 16.6. The number of carbonyl (C=O) groups is 2. The van der Waals surface area contributed by atoms with Gasteiger partial charge < -0.3 is 9.47 Å². The van der Waals surface area contributed by atoms with Crippen LogP contribution < -0.4 is 0 Å². The van der Waals surface area contributed by atoms with Gasteiger partial charge in [0.25, 0.3) is 0 Å². The minimum atomic E-state index is -0.0960. The van der Waals surface area contributed by atoms with Crippen molar-refractivity contribution in [3.8, 4) is 0 Å². The van der Waals surface area contributed by atoms with Crippen molar-refractivity contribution >= 4 is 11.9 Å². The average Bonchev–Trinajstić information content (AvgIpc) is 2.77. The van der Waals surface area contributed by atoms with Gasteiger partial charge in [-0.1, -0.05) is 39.5 Å². The van der Waals surface area contributed by atoms with Gasteiger partial charge in [-0.2, -0.15) is 0 Å². The van der Waals surface area contributed by atoms with Crippen LogP contribution in [0.25, 0.3) is 0 Å². The smallest absolute Gasteiger partial charge is 0.307 e. The van der Waals surface area contributed by atoms with Crippen molar-refractivity contribution in [3.63, 3.8) is 0 Å². The lowest BCUT2D eigenvalue weighted by Gasteiger charge is -2.48. The molecule has 0 aromatic carbocycles. The summed E-state index contributed by atoms with van der Waals surface area (Å²) in [6.45, 7) is 13.5. The molecular formula is C28H52N2O4. The summed E-state index contributed by atoms with van der Waals surface area (Å²) in [7, 11) is 4.14. The number of ether oxygens (including phenoxy) is 2. The molecule has 0 saturated carbocycles. The van der Waals surface area contributed by atoms with E-state index in [-0.39, 0.29) is 35.5 Å². The van der Waals surface area contributed by atoms with Crippen LogP contribution in [0.5, 0.6) is 0 Å². The fourth-order valence-corrected chi connectivity index (χ4v) is 5.26. The fraction of sp³-hybridized carbons (Fsp3) is 0.929. The van der Waals surface area contributed by atoms with Gasteiger partial charge in [0.05, 0.1) is 0 Å². The number of likely N-dealkylation sites (tertiary alicyclic amines) is 2. The van der Waals surface area contributed by atoms with E-state index in [4.69, 9.17) is 9.47 Å². The van der Waals surface area contributed by atoms with Crippen molar-refractivity contribution < 1.29 is 19.1 Å². The number of nitrogens with zero attached hydrogens (tertiary/aromatic N) is 2. The summed E-state index contributed by atoms with van der Waals surface area (Å²) in [5.41, 5.74) is 0.105. The molecule has 2 heterocycles. The summed E-state index contributed by atoms with van der Waals surface area (Å²) in [6.07, 6.45) is 10.8. The Morgan fingerprint density at radius 3 is 1.32 bits per heavy atom. The summed E-state index contributed by atoms with van der Waals surface area (Å²) in [6, 6.07) is 0. The Hall–Kier alpha value is -1.14. The maximum absolute atomic E-state index is 12.3. The number of rotatable bonds is 11. The molecule has 2 aliphatic rings. The number of esters is 2. The van der Waals surface area contributed by atoms with Crippen LogP contribution in [0.1, 0.15) is 119 Å². The summed E-state index contributed by atoms with van der Waals surface area (Å²) in [5.74, 6) is 1.04. The van der Waals surface area contributed by atoms with Crippen molar-refractivity contribution in [2.24, 2.45) is 11.8 Å². The minimum absolute atomic E-state index is 0.0527. The summed E-state index contributed by atoms with van der Waals surface area (Å²) in [5, 5.41) is 0. The molecule has 0 radical (unpaired) electrons. The Balaban J connectivity index is 1.51. The maximum atomic E-state index is 12.3. The molecule has 4 atom stereocenters. The first-order chi connectivity index (χ1) is 15.9. The van der Waals surface area contributed by atoms with Gasteiger partial charge in [0, 0.05) is 23.9 Å². The van der Waals surface area contributed by atoms with E-state index in [1.165, 1.54) is 0 Å². The lowest BCUT2D eigenvalue weighted by molar-refractivity contribution is -0.174. The van der Waals surface area contributed by atoms with Gasteiger partial charge in [-0.15, -0.1) is 0 Å². The molecule has 2 saturated heterocycles. The SMILES string of the molecule is CC1CCC(OC(=O)CCCCCCCCC(=O)OC2CCC(C)C(C)(C)N2C)N(C)C1(C)C. The molecule has 0 aromatic rings. The quantitative estimate of drug-likeness (QED) is 0.262. The number of piperidine rings is 2. The minimum Gasteiger partial charge on any atom is -0.446 e. The highest BCUT2D eigenvalue weighted by molar-refractivity contribution is 5.69. The molecule has 0 bridgehead atoms. The third-order valence-electron chi connectivity index (χ3n) is 9.33. The van der Waals surface area contributed by atoms with E-state index in [1.807, 2.05) is 0 Å². The van der Waals surface area contributed by atoms with Crippen LogP contribution in [-0.2, 0) is 19.1 Å². The molecule has 2 fully saturated rings. The molecule has 0 spiro atoms. The molecule has 2 rings (SSSR count). The summed E-state index contributed by atoms with van der Waals surface area (Å²) >= 11 is 0. The van der Waals surface area contributed by atoms with Crippen LogP contribution in [0, 0.1) is 11.8 Å². The van der Waals surface area contributed by atoms with Gasteiger partial charge in [0.1, 0.15) is 0 Å². The molecule has 6 nitrogen and oxygen atoms in total. The van der Waals surface area contributed by atoms with E-state index in [2.05, 4.69) is 65.4 Å². The third-order valence-corrected chi connectivity index (χ3v) is 9.33. The molecule has 0 aromatic heterocycles. The predicted molar refractivity (Wildman–Crippen MR) is 137 cm³/mol. The van der Waals surface area contributed by atoms with Gasteiger partial charge >= 0.3 is 11.9 Å². The molecule has 0 aliphatic carbocycles. The second-order valence-electron chi connectivity index (χ2n) is 12.0. The number of unbranched alkanes of at least 4 members (excludes halogenated alkanes) is 5. The first kappa shape index (κ1) is 29.1. The standard InChI is InChI=1S/C28H52N2O4/c1-21-17-19-23(29(7)27(21,3)4)33-25(31)15-13-11-9-10-12-14-16-26(32)34-24-20-18-22(2)28(5,6)30(24)8/h21-24H,9-20H2,1-8H3. The fourth-order valence-electron chi connectivity index (χ4n) is 5.26. The monoisotopic (exact) mass is 480 g/mol. The largest absolute Gasteiger partial charge is 0.446 e. The summed E-state index contributed by atoms with van der Waals surface area (Å²) in [4.78, 5) is 29.0. The topological polar surface area (TPSA) is 59.1 Å².